The molecule has 0 aromatic rings. The number of allylic oxidation sites excluding steroid dienone is 12. The lowest BCUT2D eigenvalue weighted by molar-refractivity contribution is -0.870. The fourth-order valence-corrected chi connectivity index (χ4v) is 12.2. The molecular formula is C86H158NO8+. The lowest BCUT2D eigenvalue weighted by Crippen LogP contribution is -2.40. The molecule has 0 aromatic carbocycles. The number of esters is 2. The molecule has 95 heavy (non-hydrogen) atoms. The van der Waals surface area contributed by atoms with Crippen molar-refractivity contribution in [3.8, 4) is 0 Å². The summed E-state index contributed by atoms with van der Waals surface area (Å²) in [6, 6.07) is 0. The molecule has 0 fully saturated rings. The number of unbranched alkanes of at least 4 members (excludes halogenated alkanes) is 50. The Labute approximate surface area is 589 Å². The van der Waals surface area contributed by atoms with Gasteiger partial charge in [-0.1, -0.05) is 376 Å². The molecule has 0 bridgehead atoms. The predicted molar refractivity (Wildman–Crippen MR) is 410 cm³/mol. The Morgan fingerprint density at radius 1 is 0.326 bits per heavy atom. The number of ether oxygens (including phenoxy) is 4. The van der Waals surface area contributed by atoms with Gasteiger partial charge in [0.25, 0.3) is 6.29 Å². The summed E-state index contributed by atoms with van der Waals surface area (Å²) in [6.07, 6.45) is 101. The molecule has 0 amide bonds. The van der Waals surface area contributed by atoms with Crippen molar-refractivity contribution in [1.82, 2.24) is 0 Å². The number of aliphatic carboxylic acids is 1. The summed E-state index contributed by atoms with van der Waals surface area (Å²) in [4.78, 5) is 37.8. The van der Waals surface area contributed by atoms with Crippen molar-refractivity contribution in [2.45, 2.75) is 411 Å². The summed E-state index contributed by atoms with van der Waals surface area (Å²) in [7, 11) is 6.00. The van der Waals surface area contributed by atoms with E-state index < -0.39 is 18.4 Å². The number of hydrogen-bond donors (Lipinski definition) is 1. The van der Waals surface area contributed by atoms with Crippen LogP contribution in [0.2, 0.25) is 0 Å². The largest absolute Gasteiger partial charge is 0.477 e. The topological polar surface area (TPSA) is 108 Å². The quantitative estimate of drug-likeness (QED) is 0.0211. The van der Waals surface area contributed by atoms with Crippen LogP contribution in [0.3, 0.4) is 0 Å². The summed E-state index contributed by atoms with van der Waals surface area (Å²) in [5, 5.41) is 9.78. The molecular weight excluding hydrogens is 1170 g/mol. The Bertz CT molecular complexity index is 1790. The Balaban J connectivity index is 3.97. The Morgan fingerprint density at radius 2 is 0.600 bits per heavy atom. The molecule has 2 unspecified atom stereocenters. The van der Waals surface area contributed by atoms with E-state index in [4.69, 9.17) is 18.9 Å². The van der Waals surface area contributed by atoms with Gasteiger partial charge in [0.2, 0.25) is 0 Å². The van der Waals surface area contributed by atoms with Gasteiger partial charge in [0.15, 0.2) is 6.10 Å². The van der Waals surface area contributed by atoms with E-state index in [-0.39, 0.29) is 38.2 Å². The number of rotatable bonds is 77. The minimum atomic E-state index is -1.51. The van der Waals surface area contributed by atoms with Crippen molar-refractivity contribution in [3.05, 3.63) is 72.9 Å². The van der Waals surface area contributed by atoms with Crippen LogP contribution in [0.5, 0.6) is 0 Å². The number of carbonyl (C=O) groups is 3. The predicted octanol–water partition coefficient (Wildman–Crippen LogP) is 26.4. The number of carboxylic acid groups (broad SMARTS) is 1. The third-order valence-electron chi connectivity index (χ3n) is 18.4. The van der Waals surface area contributed by atoms with E-state index in [1.54, 1.807) is 0 Å². The molecule has 0 aliphatic carbocycles. The molecule has 0 aromatic heterocycles. The molecule has 0 radical (unpaired) electrons. The van der Waals surface area contributed by atoms with Crippen LogP contribution in [0.4, 0.5) is 0 Å². The van der Waals surface area contributed by atoms with Crippen LogP contribution in [-0.4, -0.2) is 87.4 Å². The van der Waals surface area contributed by atoms with E-state index in [0.29, 0.717) is 17.4 Å². The van der Waals surface area contributed by atoms with E-state index >= 15 is 0 Å². The number of likely N-dealkylation sites (N-methyl/N-ethyl adjacent to an activating group) is 1. The standard InChI is InChI=1S/C86H157NO8/c1-6-8-10-12-14-16-18-20-22-24-26-28-30-32-34-36-38-40-42-44-46-48-50-52-54-56-58-60-62-64-66-68-70-72-74-76-83(88)93-80-82(81-94-86(85(90)91)92-79-78-87(3,4)5)95-84(89)77-75-73-71-69-67-65-63-61-59-57-55-53-51-49-47-45-43-41-39-37-35-33-31-29-27-25-23-21-19-17-15-13-11-9-7-2/h9,11,15,17,21,23-24,26-27,29,33,35,82,86H,6-8,10,12-14,16,18-20,22,25,28,30-32,34,36-81H2,1-5H3/p+1/b11-9-,17-15-,23-21-,26-24-,29-27-,35-33-. The van der Waals surface area contributed by atoms with Crippen molar-refractivity contribution in [1.29, 1.82) is 0 Å². The first-order chi connectivity index (χ1) is 46.6. The number of carboxylic acids is 1. The van der Waals surface area contributed by atoms with Crippen molar-refractivity contribution >= 4 is 17.9 Å². The van der Waals surface area contributed by atoms with Crippen LogP contribution < -0.4 is 0 Å². The van der Waals surface area contributed by atoms with Crippen LogP contribution >= 0.6 is 0 Å². The fraction of sp³-hybridized carbons (Fsp3) is 0.826. The zero-order chi connectivity index (χ0) is 69.0. The summed E-state index contributed by atoms with van der Waals surface area (Å²) in [6.45, 7) is 4.83. The third kappa shape index (κ3) is 77.9. The highest BCUT2D eigenvalue weighted by molar-refractivity contribution is 5.71. The van der Waals surface area contributed by atoms with E-state index in [1.807, 2.05) is 21.1 Å². The van der Waals surface area contributed by atoms with Crippen LogP contribution in [0.25, 0.3) is 0 Å². The Hall–Kier alpha value is -3.27. The monoisotopic (exact) mass is 1330 g/mol. The molecule has 0 aliphatic heterocycles. The second-order valence-corrected chi connectivity index (χ2v) is 29.1. The Morgan fingerprint density at radius 3 is 0.905 bits per heavy atom. The average molecular weight is 1330 g/mol. The van der Waals surface area contributed by atoms with Gasteiger partial charge in [0.05, 0.1) is 34.4 Å². The highest BCUT2D eigenvalue weighted by Crippen LogP contribution is 2.20. The number of nitrogens with zero attached hydrogens (tertiary/aromatic N) is 1. The SMILES string of the molecule is CC/C=C\C/C=C\C/C=C\C/C=C\C/C=C\CCCCCCCCCCCCCCCCCCCCCC(=O)OC(COC(=O)CCCCCCCCCCCCCCCCCCCCCCCCC/C=C\CCCCCCCCCC)COC(OCC[N+](C)(C)C)C(=O)O. The zero-order valence-electron chi connectivity index (χ0n) is 63.6. The normalized spacial score (nSPS) is 13.0. The molecule has 0 heterocycles. The molecule has 2 atom stereocenters. The summed E-state index contributed by atoms with van der Waals surface area (Å²) >= 11 is 0. The van der Waals surface area contributed by atoms with Crippen molar-refractivity contribution in [2.24, 2.45) is 0 Å². The highest BCUT2D eigenvalue weighted by Gasteiger charge is 2.25. The molecule has 9 nitrogen and oxygen atoms in total. The van der Waals surface area contributed by atoms with E-state index in [1.165, 1.54) is 302 Å². The third-order valence-corrected chi connectivity index (χ3v) is 18.4. The van der Waals surface area contributed by atoms with E-state index in [9.17, 15) is 19.5 Å². The van der Waals surface area contributed by atoms with E-state index in [2.05, 4.69) is 86.8 Å². The minimum absolute atomic E-state index is 0.178. The van der Waals surface area contributed by atoms with Gasteiger partial charge >= 0.3 is 17.9 Å². The number of quaternary nitrogens is 1. The van der Waals surface area contributed by atoms with Crippen molar-refractivity contribution in [2.75, 3.05) is 47.5 Å². The molecule has 9 heteroatoms. The van der Waals surface area contributed by atoms with Crippen LogP contribution in [-0.2, 0) is 33.3 Å². The first kappa shape index (κ1) is 91.7. The van der Waals surface area contributed by atoms with Crippen LogP contribution in [0, 0.1) is 0 Å². The highest BCUT2D eigenvalue weighted by atomic mass is 16.7. The van der Waals surface area contributed by atoms with Gasteiger partial charge in [0.1, 0.15) is 13.2 Å². The van der Waals surface area contributed by atoms with Gasteiger partial charge in [-0.2, -0.15) is 0 Å². The maximum absolute atomic E-state index is 13.0. The second-order valence-electron chi connectivity index (χ2n) is 29.1. The molecule has 0 aliphatic rings. The first-order valence-corrected chi connectivity index (χ1v) is 41.1. The van der Waals surface area contributed by atoms with Gasteiger partial charge < -0.3 is 28.5 Å². The van der Waals surface area contributed by atoms with Crippen LogP contribution in [0.1, 0.15) is 399 Å². The van der Waals surface area contributed by atoms with Crippen molar-refractivity contribution in [3.63, 3.8) is 0 Å². The molecule has 1 N–H and O–H groups in total. The first-order valence-electron chi connectivity index (χ1n) is 41.1. The minimum Gasteiger partial charge on any atom is -0.477 e. The summed E-state index contributed by atoms with van der Waals surface area (Å²) in [5.41, 5.74) is 0. The summed E-state index contributed by atoms with van der Waals surface area (Å²) < 4.78 is 23.1. The molecule has 0 saturated heterocycles. The number of hydrogen-bond acceptors (Lipinski definition) is 7. The van der Waals surface area contributed by atoms with Crippen LogP contribution in [0.15, 0.2) is 72.9 Å². The molecule has 0 spiro atoms. The molecule has 0 rings (SSSR count). The molecule has 554 valence electrons. The second kappa shape index (κ2) is 76.5. The number of carbonyl (C=O) groups excluding carboxylic acids is 2. The van der Waals surface area contributed by atoms with Gasteiger partial charge in [-0.25, -0.2) is 4.79 Å². The maximum Gasteiger partial charge on any atom is 0.361 e. The van der Waals surface area contributed by atoms with Gasteiger partial charge in [0, 0.05) is 12.8 Å². The van der Waals surface area contributed by atoms with Gasteiger partial charge in [-0.15, -0.1) is 0 Å². The average Bonchev–Trinajstić information content (AvgIpc) is 3.58. The smallest absolute Gasteiger partial charge is 0.361 e. The lowest BCUT2D eigenvalue weighted by atomic mass is 10.0. The molecule has 0 saturated carbocycles. The lowest BCUT2D eigenvalue weighted by Gasteiger charge is -2.25. The Kier molecular flexibility index (Phi) is 73.9. The van der Waals surface area contributed by atoms with E-state index in [0.717, 1.165) is 70.6 Å². The van der Waals surface area contributed by atoms with Gasteiger partial charge in [-0.05, 0) is 83.5 Å². The van der Waals surface area contributed by atoms with Crippen molar-refractivity contribution < 1.29 is 42.9 Å². The zero-order valence-corrected chi connectivity index (χ0v) is 63.6. The maximum atomic E-state index is 13.0. The summed E-state index contributed by atoms with van der Waals surface area (Å²) in [5.74, 6) is -1.98. The van der Waals surface area contributed by atoms with Gasteiger partial charge in [-0.3, -0.25) is 9.59 Å². The fourth-order valence-electron chi connectivity index (χ4n) is 12.2.